The number of hydrogen-bond acceptors (Lipinski definition) is 3. The summed E-state index contributed by atoms with van der Waals surface area (Å²) < 4.78 is 1.95. The van der Waals surface area contributed by atoms with E-state index in [-0.39, 0.29) is 0 Å². The van der Waals surface area contributed by atoms with Crippen molar-refractivity contribution in [3.05, 3.63) is 30.9 Å². The molecule has 0 fully saturated rings. The predicted octanol–water partition coefficient (Wildman–Crippen LogP) is 0.113. The molecule has 0 aliphatic carbocycles. The summed E-state index contributed by atoms with van der Waals surface area (Å²) in [7, 11) is 0. The average Bonchev–Trinajstić information content (AvgIpc) is 2.63. The molecule has 0 amide bonds. The molecule has 0 aliphatic heterocycles. The van der Waals surface area contributed by atoms with Crippen LogP contribution in [0.25, 0.3) is 0 Å². The maximum absolute atomic E-state index is 10.1. The number of nitrogens with one attached hydrogen (secondary N) is 1. The third-order valence-corrected chi connectivity index (χ3v) is 1.63. The zero-order valence-corrected chi connectivity index (χ0v) is 7.76. The van der Waals surface area contributed by atoms with Crippen LogP contribution in [0.2, 0.25) is 0 Å². The number of hydrogen-bond donors (Lipinski definition) is 2. The van der Waals surface area contributed by atoms with Crippen LogP contribution in [0.5, 0.6) is 0 Å². The van der Waals surface area contributed by atoms with E-state index in [4.69, 9.17) is 5.11 Å². The molecule has 0 unspecified atom stereocenters. The van der Waals surface area contributed by atoms with Gasteiger partial charge in [0.1, 0.15) is 0 Å². The second-order valence-electron chi connectivity index (χ2n) is 2.75. The lowest BCUT2D eigenvalue weighted by Gasteiger charge is -2.01. The van der Waals surface area contributed by atoms with Gasteiger partial charge in [-0.1, -0.05) is 6.08 Å². The fraction of sp³-hybridized carbons (Fsp3) is 0.333. The molecule has 0 saturated heterocycles. The van der Waals surface area contributed by atoms with Gasteiger partial charge < -0.3 is 15.0 Å². The average molecular weight is 195 g/mol. The molecule has 0 aliphatic rings. The first kappa shape index (κ1) is 10.5. The van der Waals surface area contributed by atoms with Crippen molar-refractivity contribution in [3.63, 3.8) is 0 Å². The van der Waals surface area contributed by atoms with Gasteiger partial charge >= 0.3 is 5.97 Å². The van der Waals surface area contributed by atoms with Gasteiger partial charge in [0, 0.05) is 38.1 Å². The van der Waals surface area contributed by atoms with E-state index >= 15 is 0 Å². The standard InChI is InChI=1S/C9H13N3O2/c13-9(14)2-1-3-10-4-6-12-7-5-11-8-12/h1-2,5,7-8,10H,3-4,6H2,(H,13,14)/b2-1+. The fourth-order valence-electron chi connectivity index (χ4n) is 0.972. The molecule has 0 aromatic carbocycles. The highest BCUT2D eigenvalue weighted by atomic mass is 16.4. The lowest BCUT2D eigenvalue weighted by Crippen LogP contribution is -2.19. The normalized spacial score (nSPS) is 10.9. The Balaban J connectivity index is 2.03. The number of aliphatic carboxylic acids is 1. The molecule has 1 aromatic heterocycles. The number of aromatic nitrogens is 2. The zero-order valence-electron chi connectivity index (χ0n) is 7.76. The Hall–Kier alpha value is -1.62. The first-order valence-electron chi connectivity index (χ1n) is 4.35. The Morgan fingerprint density at radius 2 is 2.50 bits per heavy atom. The molecule has 2 N–H and O–H groups in total. The third kappa shape index (κ3) is 4.42. The molecule has 1 aromatic rings. The monoisotopic (exact) mass is 195 g/mol. The van der Waals surface area contributed by atoms with Crippen molar-refractivity contribution in [1.29, 1.82) is 0 Å². The van der Waals surface area contributed by atoms with Crippen LogP contribution < -0.4 is 5.32 Å². The summed E-state index contributed by atoms with van der Waals surface area (Å²) in [4.78, 5) is 14.0. The topological polar surface area (TPSA) is 67.2 Å². The molecule has 76 valence electrons. The molecular formula is C9H13N3O2. The highest BCUT2D eigenvalue weighted by Gasteiger charge is 1.88. The zero-order chi connectivity index (χ0) is 10.2. The van der Waals surface area contributed by atoms with Crippen molar-refractivity contribution in [3.8, 4) is 0 Å². The number of carboxylic acids is 1. The summed E-state index contributed by atoms with van der Waals surface area (Å²) >= 11 is 0. The molecule has 0 spiro atoms. The molecule has 5 heteroatoms. The summed E-state index contributed by atoms with van der Waals surface area (Å²) in [5, 5.41) is 11.4. The van der Waals surface area contributed by atoms with Crippen LogP contribution in [-0.2, 0) is 11.3 Å². The summed E-state index contributed by atoms with van der Waals surface area (Å²) in [6, 6.07) is 0. The minimum Gasteiger partial charge on any atom is -0.478 e. The maximum Gasteiger partial charge on any atom is 0.328 e. The molecule has 0 saturated carbocycles. The van der Waals surface area contributed by atoms with E-state index in [2.05, 4.69) is 10.3 Å². The van der Waals surface area contributed by atoms with Crippen molar-refractivity contribution in [2.24, 2.45) is 0 Å². The lowest BCUT2D eigenvalue weighted by molar-refractivity contribution is -0.131. The number of nitrogens with zero attached hydrogens (tertiary/aromatic N) is 2. The van der Waals surface area contributed by atoms with Crippen LogP contribution in [-0.4, -0.2) is 33.7 Å². The van der Waals surface area contributed by atoms with Gasteiger partial charge in [0.25, 0.3) is 0 Å². The van der Waals surface area contributed by atoms with Crippen molar-refractivity contribution in [1.82, 2.24) is 14.9 Å². The van der Waals surface area contributed by atoms with E-state index in [1.54, 1.807) is 18.6 Å². The molecule has 0 atom stereocenters. The first-order valence-corrected chi connectivity index (χ1v) is 4.35. The molecule has 1 rings (SSSR count). The van der Waals surface area contributed by atoms with Crippen LogP contribution in [0.3, 0.4) is 0 Å². The Morgan fingerprint density at radius 1 is 1.64 bits per heavy atom. The first-order chi connectivity index (χ1) is 6.79. The smallest absolute Gasteiger partial charge is 0.328 e. The summed E-state index contributed by atoms with van der Waals surface area (Å²) in [6.45, 7) is 2.20. The van der Waals surface area contributed by atoms with Gasteiger partial charge in [0.05, 0.1) is 6.33 Å². The van der Waals surface area contributed by atoms with E-state index in [1.807, 2.05) is 10.8 Å². The van der Waals surface area contributed by atoms with E-state index in [0.29, 0.717) is 6.54 Å². The van der Waals surface area contributed by atoms with E-state index < -0.39 is 5.97 Å². The number of rotatable bonds is 6. The highest BCUT2D eigenvalue weighted by molar-refractivity contribution is 5.79. The van der Waals surface area contributed by atoms with Gasteiger partial charge in [-0.05, 0) is 0 Å². The van der Waals surface area contributed by atoms with Crippen molar-refractivity contribution in [2.75, 3.05) is 13.1 Å². The predicted molar refractivity (Wildman–Crippen MR) is 51.9 cm³/mol. The van der Waals surface area contributed by atoms with Crippen LogP contribution in [0, 0.1) is 0 Å². The van der Waals surface area contributed by atoms with Gasteiger partial charge in [0.15, 0.2) is 0 Å². The quantitative estimate of drug-likeness (QED) is 0.499. The van der Waals surface area contributed by atoms with Crippen LogP contribution in [0.4, 0.5) is 0 Å². The second kappa shape index (κ2) is 5.93. The van der Waals surface area contributed by atoms with Crippen molar-refractivity contribution in [2.45, 2.75) is 6.54 Å². The third-order valence-electron chi connectivity index (χ3n) is 1.63. The maximum atomic E-state index is 10.1. The van der Waals surface area contributed by atoms with Crippen LogP contribution in [0.1, 0.15) is 0 Å². The number of imidazole rings is 1. The Labute approximate surface area is 82.1 Å². The Bertz CT molecular complexity index is 293. The van der Waals surface area contributed by atoms with Crippen molar-refractivity contribution >= 4 is 5.97 Å². The molecule has 0 bridgehead atoms. The van der Waals surface area contributed by atoms with E-state index in [0.717, 1.165) is 19.2 Å². The largest absolute Gasteiger partial charge is 0.478 e. The minimum absolute atomic E-state index is 0.570. The van der Waals surface area contributed by atoms with Gasteiger partial charge in [-0.3, -0.25) is 0 Å². The number of carboxylic acid groups (broad SMARTS) is 1. The van der Waals surface area contributed by atoms with Gasteiger partial charge in [-0.15, -0.1) is 0 Å². The fourth-order valence-corrected chi connectivity index (χ4v) is 0.972. The minimum atomic E-state index is -0.915. The summed E-state index contributed by atoms with van der Waals surface area (Å²) in [5.74, 6) is -0.915. The van der Waals surface area contributed by atoms with Crippen LogP contribution >= 0.6 is 0 Å². The molecule has 14 heavy (non-hydrogen) atoms. The molecule has 0 radical (unpaired) electrons. The van der Waals surface area contributed by atoms with E-state index in [1.165, 1.54) is 0 Å². The molecule has 5 nitrogen and oxygen atoms in total. The number of carbonyl (C=O) groups is 1. The molecular weight excluding hydrogens is 182 g/mol. The summed E-state index contributed by atoms with van der Waals surface area (Å²) in [5.41, 5.74) is 0. The SMILES string of the molecule is O=C(O)/C=C/CNCCn1ccnc1. The molecule has 1 heterocycles. The Morgan fingerprint density at radius 3 is 3.14 bits per heavy atom. The second-order valence-corrected chi connectivity index (χ2v) is 2.75. The Kier molecular flexibility index (Phi) is 4.43. The van der Waals surface area contributed by atoms with E-state index in [9.17, 15) is 4.79 Å². The van der Waals surface area contributed by atoms with Crippen LogP contribution in [0.15, 0.2) is 30.9 Å². The summed E-state index contributed by atoms with van der Waals surface area (Å²) in [6.07, 6.45) is 8.06. The van der Waals surface area contributed by atoms with Crippen molar-refractivity contribution < 1.29 is 9.90 Å². The lowest BCUT2D eigenvalue weighted by atomic mass is 10.5. The highest BCUT2D eigenvalue weighted by Crippen LogP contribution is 1.83. The van der Waals surface area contributed by atoms with Gasteiger partial charge in [0.2, 0.25) is 0 Å². The van der Waals surface area contributed by atoms with Gasteiger partial charge in [-0.2, -0.15) is 0 Å². The van der Waals surface area contributed by atoms with Gasteiger partial charge in [-0.25, -0.2) is 9.78 Å².